The van der Waals surface area contributed by atoms with Crippen molar-refractivity contribution in [2.75, 3.05) is 38.2 Å². The number of pyridine rings is 1. The van der Waals surface area contributed by atoms with Crippen LogP contribution < -0.4 is 9.64 Å². The number of nitro groups is 1. The van der Waals surface area contributed by atoms with Crippen molar-refractivity contribution in [1.29, 1.82) is 0 Å². The topological polar surface area (TPSA) is 106 Å². The highest BCUT2D eigenvalue weighted by Gasteiger charge is 2.29. The normalized spacial score (nSPS) is 15.7. The van der Waals surface area contributed by atoms with E-state index in [-0.39, 0.29) is 10.6 Å². The largest absolute Gasteiger partial charge is 0.497 e. The van der Waals surface area contributed by atoms with Gasteiger partial charge in [-0.1, -0.05) is 0 Å². The maximum atomic E-state index is 12.7. The van der Waals surface area contributed by atoms with Crippen LogP contribution in [-0.2, 0) is 10.0 Å². The van der Waals surface area contributed by atoms with Crippen LogP contribution in [0, 0.1) is 10.1 Å². The van der Waals surface area contributed by atoms with E-state index in [2.05, 4.69) is 4.98 Å². The molecule has 0 bridgehead atoms. The molecule has 0 amide bonds. The molecular formula is C16H18N4O5S. The van der Waals surface area contributed by atoms with Gasteiger partial charge in [0.05, 0.1) is 16.9 Å². The Morgan fingerprint density at radius 3 is 2.23 bits per heavy atom. The lowest BCUT2D eigenvalue weighted by Gasteiger charge is -2.34. The van der Waals surface area contributed by atoms with E-state index in [1.54, 1.807) is 18.2 Å². The Balaban J connectivity index is 1.68. The van der Waals surface area contributed by atoms with Crippen molar-refractivity contribution >= 4 is 21.5 Å². The second kappa shape index (κ2) is 7.26. The molecule has 0 atom stereocenters. The number of benzene rings is 1. The number of ether oxygens (including phenoxy) is 1. The van der Waals surface area contributed by atoms with Gasteiger partial charge in [-0.25, -0.2) is 13.4 Å². The third kappa shape index (κ3) is 3.60. The van der Waals surface area contributed by atoms with Gasteiger partial charge in [0.1, 0.15) is 17.8 Å². The highest BCUT2D eigenvalue weighted by atomic mass is 32.2. The van der Waals surface area contributed by atoms with Crippen molar-refractivity contribution in [3.63, 3.8) is 0 Å². The van der Waals surface area contributed by atoms with Gasteiger partial charge < -0.3 is 9.64 Å². The lowest BCUT2D eigenvalue weighted by Crippen LogP contribution is -2.48. The highest BCUT2D eigenvalue weighted by molar-refractivity contribution is 7.89. The first kappa shape index (κ1) is 18.1. The van der Waals surface area contributed by atoms with Crippen molar-refractivity contribution in [1.82, 2.24) is 9.29 Å². The Morgan fingerprint density at radius 2 is 1.73 bits per heavy atom. The van der Waals surface area contributed by atoms with Crippen LogP contribution in [-0.4, -0.2) is 55.9 Å². The quantitative estimate of drug-likeness (QED) is 0.573. The lowest BCUT2D eigenvalue weighted by molar-refractivity contribution is -0.385. The summed E-state index contributed by atoms with van der Waals surface area (Å²) in [4.78, 5) is 16.4. The minimum Gasteiger partial charge on any atom is -0.497 e. The zero-order valence-corrected chi connectivity index (χ0v) is 14.9. The van der Waals surface area contributed by atoms with E-state index >= 15 is 0 Å². The van der Waals surface area contributed by atoms with E-state index in [0.29, 0.717) is 37.7 Å². The summed E-state index contributed by atoms with van der Waals surface area (Å²) in [7, 11) is -2.05. The smallest absolute Gasteiger partial charge is 0.287 e. The van der Waals surface area contributed by atoms with Gasteiger partial charge in [0, 0.05) is 32.2 Å². The number of hydrogen-bond acceptors (Lipinski definition) is 7. The minimum absolute atomic E-state index is 0.0746. The van der Waals surface area contributed by atoms with Gasteiger partial charge >= 0.3 is 0 Å². The number of methoxy groups -OCH3 is 1. The minimum atomic E-state index is -3.57. The Labute approximate surface area is 151 Å². The van der Waals surface area contributed by atoms with Crippen LogP contribution in [0.3, 0.4) is 0 Å². The lowest BCUT2D eigenvalue weighted by atomic mass is 10.3. The molecule has 3 rings (SSSR count). The molecule has 0 saturated carbocycles. The third-order valence-corrected chi connectivity index (χ3v) is 6.12. The van der Waals surface area contributed by atoms with E-state index in [0.717, 1.165) is 0 Å². The molecule has 1 aliphatic heterocycles. The van der Waals surface area contributed by atoms with Gasteiger partial charge in [0.2, 0.25) is 10.0 Å². The maximum absolute atomic E-state index is 12.7. The summed E-state index contributed by atoms with van der Waals surface area (Å²) in [5.74, 6) is 1.19. The summed E-state index contributed by atoms with van der Waals surface area (Å²) >= 11 is 0. The number of hydrogen-bond donors (Lipinski definition) is 0. The number of sulfonamides is 1. The molecule has 1 saturated heterocycles. The van der Waals surface area contributed by atoms with Crippen molar-refractivity contribution in [2.24, 2.45) is 0 Å². The Hall–Kier alpha value is -2.72. The predicted octanol–water partition coefficient (Wildman–Crippen LogP) is 1.51. The molecule has 2 heterocycles. The van der Waals surface area contributed by atoms with Crippen LogP contribution in [0.2, 0.25) is 0 Å². The summed E-state index contributed by atoms with van der Waals surface area (Å²) in [6, 6.07) is 9.25. The summed E-state index contributed by atoms with van der Waals surface area (Å²) in [6.07, 6.45) is 1.20. The van der Waals surface area contributed by atoms with Crippen molar-refractivity contribution in [3.8, 4) is 5.75 Å². The molecule has 138 valence electrons. The van der Waals surface area contributed by atoms with Crippen LogP contribution >= 0.6 is 0 Å². The molecule has 1 aromatic carbocycles. The first-order valence-electron chi connectivity index (χ1n) is 7.91. The Bertz CT molecular complexity index is 876. The van der Waals surface area contributed by atoms with Gasteiger partial charge in [-0.2, -0.15) is 4.31 Å². The molecule has 1 aromatic heterocycles. The van der Waals surface area contributed by atoms with Gasteiger partial charge in [-0.15, -0.1) is 0 Å². The average Bonchev–Trinajstić information content (AvgIpc) is 2.68. The zero-order chi connectivity index (χ0) is 18.7. The van der Waals surface area contributed by atoms with Crippen LogP contribution in [0.25, 0.3) is 0 Å². The Morgan fingerprint density at radius 1 is 1.08 bits per heavy atom. The molecule has 1 aliphatic rings. The van der Waals surface area contributed by atoms with E-state index in [1.165, 1.54) is 35.8 Å². The van der Waals surface area contributed by atoms with E-state index in [9.17, 15) is 18.5 Å². The molecule has 9 nitrogen and oxygen atoms in total. The fourth-order valence-corrected chi connectivity index (χ4v) is 4.15. The van der Waals surface area contributed by atoms with E-state index in [4.69, 9.17) is 4.74 Å². The van der Waals surface area contributed by atoms with Crippen molar-refractivity contribution in [2.45, 2.75) is 4.90 Å². The molecule has 26 heavy (non-hydrogen) atoms. The summed E-state index contributed by atoms with van der Waals surface area (Å²) < 4.78 is 31.9. The first-order valence-corrected chi connectivity index (χ1v) is 9.35. The van der Waals surface area contributed by atoms with Crippen LogP contribution in [0.5, 0.6) is 5.75 Å². The number of aromatic nitrogens is 1. The molecule has 0 spiro atoms. The number of nitrogens with zero attached hydrogens (tertiary/aromatic N) is 4. The fraction of sp³-hybridized carbons (Fsp3) is 0.312. The third-order valence-electron chi connectivity index (χ3n) is 4.20. The second-order valence-corrected chi connectivity index (χ2v) is 7.64. The van der Waals surface area contributed by atoms with Crippen LogP contribution in [0.4, 0.5) is 11.5 Å². The molecule has 0 unspecified atom stereocenters. The van der Waals surface area contributed by atoms with E-state index in [1.807, 2.05) is 4.90 Å². The zero-order valence-electron chi connectivity index (χ0n) is 14.1. The monoisotopic (exact) mass is 378 g/mol. The number of piperazine rings is 1. The standard InChI is InChI=1S/C16H18N4O5S/c1-25-14-3-5-15(6-4-14)26(23,24)19-10-8-18(9-11-19)16-7-2-13(12-17-16)20(21)22/h2-7,12H,8-11H2,1H3. The molecule has 10 heteroatoms. The molecular weight excluding hydrogens is 360 g/mol. The second-order valence-electron chi connectivity index (χ2n) is 5.70. The SMILES string of the molecule is COc1ccc(S(=O)(=O)N2CCN(c3ccc([N+](=O)[O-])cn3)CC2)cc1. The highest BCUT2D eigenvalue weighted by Crippen LogP contribution is 2.22. The van der Waals surface area contributed by atoms with Crippen molar-refractivity contribution < 1.29 is 18.1 Å². The number of rotatable bonds is 5. The van der Waals surface area contributed by atoms with Gasteiger partial charge in [-0.05, 0) is 30.3 Å². The summed E-state index contributed by atoms with van der Waals surface area (Å²) in [6.45, 7) is 1.54. The molecule has 2 aromatic rings. The van der Waals surface area contributed by atoms with Crippen LogP contribution in [0.1, 0.15) is 0 Å². The average molecular weight is 378 g/mol. The van der Waals surface area contributed by atoms with Gasteiger partial charge in [0.25, 0.3) is 5.69 Å². The molecule has 0 N–H and O–H groups in total. The van der Waals surface area contributed by atoms with Gasteiger partial charge in [0.15, 0.2) is 0 Å². The number of anilines is 1. The molecule has 1 fully saturated rings. The fourth-order valence-electron chi connectivity index (χ4n) is 2.73. The predicted molar refractivity (Wildman–Crippen MR) is 94.9 cm³/mol. The van der Waals surface area contributed by atoms with Gasteiger partial charge in [-0.3, -0.25) is 10.1 Å². The summed E-state index contributed by atoms with van der Waals surface area (Å²) in [5, 5.41) is 10.7. The maximum Gasteiger partial charge on any atom is 0.287 e. The van der Waals surface area contributed by atoms with Crippen LogP contribution in [0.15, 0.2) is 47.5 Å². The summed E-state index contributed by atoms with van der Waals surface area (Å²) in [5.41, 5.74) is -0.0746. The Kier molecular flexibility index (Phi) is 5.05. The van der Waals surface area contributed by atoms with Crippen molar-refractivity contribution in [3.05, 3.63) is 52.7 Å². The molecule has 0 aliphatic carbocycles. The molecule has 0 radical (unpaired) electrons. The first-order chi connectivity index (χ1) is 12.4. The van der Waals surface area contributed by atoms with E-state index < -0.39 is 14.9 Å².